The molecule has 1 aromatic heterocycles. The third-order valence-corrected chi connectivity index (χ3v) is 4.77. The number of esters is 1. The number of nitrogens with one attached hydrogen (secondary N) is 1. The highest BCUT2D eigenvalue weighted by Crippen LogP contribution is 2.33. The number of fused-ring (bicyclic) bond motifs is 1. The van der Waals surface area contributed by atoms with Crippen LogP contribution in [0.1, 0.15) is 28.0 Å². The molecule has 3 aromatic rings. The van der Waals surface area contributed by atoms with Gasteiger partial charge < -0.3 is 15.0 Å². The second-order valence-electron chi connectivity index (χ2n) is 6.77. The second kappa shape index (κ2) is 7.68. The lowest BCUT2D eigenvalue weighted by Crippen LogP contribution is -2.25. The SMILES string of the molecule is COC(=O)c1cccc(Nc2nc(C)cc(N3CCCc4ccccc43)n2)c1. The van der Waals surface area contributed by atoms with E-state index in [2.05, 4.69) is 39.5 Å². The van der Waals surface area contributed by atoms with E-state index in [1.807, 2.05) is 19.1 Å². The second-order valence-corrected chi connectivity index (χ2v) is 6.77. The summed E-state index contributed by atoms with van der Waals surface area (Å²) in [7, 11) is 1.37. The van der Waals surface area contributed by atoms with Crippen molar-refractivity contribution in [2.24, 2.45) is 0 Å². The van der Waals surface area contributed by atoms with Crippen LogP contribution in [-0.2, 0) is 11.2 Å². The van der Waals surface area contributed by atoms with Crippen molar-refractivity contribution in [3.8, 4) is 0 Å². The van der Waals surface area contributed by atoms with Crippen molar-refractivity contribution < 1.29 is 9.53 Å². The molecule has 0 saturated carbocycles. The number of rotatable bonds is 4. The molecule has 1 aliphatic heterocycles. The van der Waals surface area contributed by atoms with E-state index in [0.29, 0.717) is 11.5 Å². The maximum Gasteiger partial charge on any atom is 0.337 e. The van der Waals surface area contributed by atoms with Gasteiger partial charge in [0.1, 0.15) is 5.82 Å². The van der Waals surface area contributed by atoms with Crippen LogP contribution in [0.3, 0.4) is 0 Å². The smallest absolute Gasteiger partial charge is 0.337 e. The summed E-state index contributed by atoms with van der Waals surface area (Å²) >= 11 is 0. The molecular weight excluding hydrogens is 352 g/mol. The van der Waals surface area contributed by atoms with Crippen molar-refractivity contribution in [3.05, 3.63) is 71.4 Å². The zero-order valence-electron chi connectivity index (χ0n) is 16.0. The number of methoxy groups -OCH3 is 1. The van der Waals surface area contributed by atoms with E-state index in [4.69, 9.17) is 9.72 Å². The Morgan fingerprint density at radius 1 is 1.11 bits per heavy atom. The summed E-state index contributed by atoms with van der Waals surface area (Å²) in [6.07, 6.45) is 2.17. The minimum atomic E-state index is -0.376. The molecule has 0 fully saturated rings. The van der Waals surface area contributed by atoms with Crippen LogP contribution in [0.2, 0.25) is 0 Å². The topological polar surface area (TPSA) is 67.3 Å². The van der Waals surface area contributed by atoms with Crippen LogP contribution in [0.25, 0.3) is 0 Å². The van der Waals surface area contributed by atoms with Crippen LogP contribution in [0.5, 0.6) is 0 Å². The van der Waals surface area contributed by atoms with E-state index in [1.165, 1.54) is 18.4 Å². The molecule has 2 aromatic carbocycles. The fourth-order valence-electron chi connectivity index (χ4n) is 3.49. The lowest BCUT2D eigenvalue weighted by molar-refractivity contribution is 0.0601. The van der Waals surface area contributed by atoms with Gasteiger partial charge >= 0.3 is 5.97 Å². The zero-order chi connectivity index (χ0) is 19.5. The molecule has 0 aliphatic carbocycles. The van der Waals surface area contributed by atoms with E-state index < -0.39 is 0 Å². The molecule has 1 aliphatic rings. The highest BCUT2D eigenvalue weighted by atomic mass is 16.5. The van der Waals surface area contributed by atoms with Gasteiger partial charge in [0, 0.05) is 29.7 Å². The van der Waals surface area contributed by atoms with Crippen molar-refractivity contribution in [1.82, 2.24) is 9.97 Å². The monoisotopic (exact) mass is 374 g/mol. The molecule has 0 spiro atoms. The van der Waals surface area contributed by atoms with E-state index in [9.17, 15) is 4.79 Å². The summed E-state index contributed by atoms with van der Waals surface area (Å²) in [5, 5.41) is 3.21. The average Bonchev–Trinajstić information content (AvgIpc) is 2.72. The lowest BCUT2D eigenvalue weighted by Gasteiger charge is -2.30. The Kier molecular flexibility index (Phi) is 4.93. The maximum atomic E-state index is 11.8. The average molecular weight is 374 g/mol. The Morgan fingerprint density at radius 2 is 1.96 bits per heavy atom. The number of benzene rings is 2. The van der Waals surface area contributed by atoms with Gasteiger partial charge in [0.05, 0.1) is 12.7 Å². The Morgan fingerprint density at radius 3 is 2.82 bits per heavy atom. The fraction of sp³-hybridized carbons (Fsp3) is 0.227. The molecule has 0 saturated heterocycles. The minimum absolute atomic E-state index is 0.376. The van der Waals surface area contributed by atoms with Crippen molar-refractivity contribution in [3.63, 3.8) is 0 Å². The first-order chi connectivity index (χ1) is 13.6. The van der Waals surface area contributed by atoms with E-state index in [0.717, 1.165) is 36.6 Å². The fourth-order valence-corrected chi connectivity index (χ4v) is 3.49. The first-order valence-electron chi connectivity index (χ1n) is 9.30. The zero-order valence-corrected chi connectivity index (χ0v) is 16.0. The van der Waals surface area contributed by atoms with Crippen LogP contribution < -0.4 is 10.2 Å². The van der Waals surface area contributed by atoms with Gasteiger partial charge in [-0.3, -0.25) is 0 Å². The third-order valence-electron chi connectivity index (χ3n) is 4.77. The van der Waals surface area contributed by atoms with E-state index >= 15 is 0 Å². The van der Waals surface area contributed by atoms with Gasteiger partial charge in [0.25, 0.3) is 0 Å². The number of ether oxygens (including phenoxy) is 1. The van der Waals surface area contributed by atoms with E-state index in [1.54, 1.807) is 18.2 Å². The van der Waals surface area contributed by atoms with E-state index in [-0.39, 0.29) is 5.97 Å². The highest BCUT2D eigenvalue weighted by Gasteiger charge is 2.19. The summed E-state index contributed by atoms with van der Waals surface area (Å²) in [6, 6.07) is 17.6. The molecule has 0 radical (unpaired) electrons. The Balaban J connectivity index is 1.65. The van der Waals surface area contributed by atoms with Gasteiger partial charge in [0.2, 0.25) is 5.95 Å². The van der Waals surface area contributed by atoms with Crippen LogP contribution in [0.15, 0.2) is 54.6 Å². The number of nitrogens with zero attached hydrogens (tertiary/aromatic N) is 3. The molecule has 6 heteroatoms. The molecule has 28 heavy (non-hydrogen) atoms. The maximum absolute atomic E-state index is 11.8. The molecule has 142 valence electrons. The predicted octanol–water partition coefficient (Wildman–Crippen LogP) is 4.40. The molecule has 0 amide bonds. The molecular formula is C22H22N4O2. The quantitative estimate of drug-likeness (QED) is 0.683. The van der Waals surface area contributed by atoms with Crippen molar-refractivity contribution >= 4 is 29.1 Å². The molecule has 6 nitrogen and oxygen atoms in total. The molecule has 0 bridgehead atoms. The first kappa shape index (κ1) is 18.0. The highest BCUT2D eigenvalue weighted by molar-refractivity contribution is 5.90. The number of carbonyl (C=O) groups is 1. The number of hydrogen-bond acceptors (Lipinski definition) is 6. The van der Waals surface area contributed by atoms with Crippen LogP contribution in [-0.4, -0.2) is 29.6 Å². The normalized spacial score (nSPS) is 13.0. The van der Waals surface area contributed by atoms with Gasteiger partial charge in [-0.2, -0.15) is 4.98 Å². The largest absolute Gasteiger partial charge is 0.465 e. The minimum Gasteiger partial charge on any atom is -0.465 e. The standard InChI is InChI=1S/C22H22N4O2/c1-15-13-20(26-12-6-9-16-7-3-4-11-19(16)26)25-22(23-15)24-18-10-5-8-17(14-18)21(27)28-2/h3-5,7-8,10-11,13-14H,6,9,12H2,1-2H3,(H,23,24,25). The predicted molar refractivity (Wildman–Crippen MR) is 110 cm³/mol. The van der Waals surface area contributed by atoms with Crippen molar-refractivity contribution in [1.29, 1.82) is 0 Å². The van der Waals surface area contributed by atoms with Gasteiger partial charge in [-0.25, -0.2) is 9.78 Å². The Labute approximate surface area is 164 Å². The number of para-hydroxylation sites is 1. The number of carbonyl (C=O) groups excluding carboxylic acids is 1. The molecule has 1 N–H and O–H groups in total. The van der Waals surface area contributed by atoms with Crippen LogP contribution in [0, 0.1) is 6.92 Å². The van der Waals surface area contributed by atoms with Gasteiger partial charge in [-0.05, 0) is 49.6 Å². The van der Waals surface area contributed by atoms with Crippen molar-refractivity contribution in [2.75, 3.05) is 23.9 Å². The number of aromatic nitrogens is 2. The summed E-state index contributed by atoms with van der Waals surface area (Å²) in [4.78, 5) is 23.2. The Bertz CT molecular complexity index is 1020. The van der Waals surface area contributed by atoms with Crippen LogP contribution in [0.4, 0.5) is 23.1 Å². The summed E-state index contributed by atoms with van der Waals surface area (Å²) < 4.78 is 4.79. The molecule has 0 unspecified atom stereocenters. The number of hydrogen-bond donors (Lipinski definition) is 1. The number of aryl methyl sites for hydroxylation is 2. The third kappa shape index (κ3) is 3.67. The number of anilines is 4. The summed E-state index contributed by atoms with van der Waals surface area (Å²) in [5.74, 6) is 0.991. The lowest BCUT2D eigenvalue weighted by atomic mass is 10.0. The van der Waals surface area contributed by atoms with Crippen molar-refractivity contribution in [2.45, 2.75) is 19.8 Å². The Hall–Kier alpha value is -3.41. The molecule has 4 rings (SSSR count). The molecule has 0 atom stereocenters. The van der Waals surface area contributed by atoms with Gasteiger partial charge in [-0.15, -0.1) is 0 Å². The van der Waals surface area contributed by atoms with Crippen LogP contribution >= 0.6 is 0 Å². The van der Waals surface area contributed by atoms with Gasteiger partial charge in [-0.1, -0.05) is 24.3 Å². The first-order valence-corrected chi connectivity index (χ1v) is 9.30. The summed E-state index contributed by atoms with van der Waals surface area (Å²) in [6.45, 7) is 2.88. The summed E-state index contributed by atoms with van der Waals surface area (Å²) in [5.41, 5.74) is 4.62. The molecule has 2 heterocycles. The van der Waals surface area contributed by atoms with Gasteiger partial charge in [0.15, 0.2) is 0 Å².